The van der Waals surface area contributed by atoms with E-state index in [0.29, 0.717) is 12.8 Å². The minimum atomic E-state index is -0.766. The van der Waals surface area contributed by atoms with Gasteiger partial charge < -0.3 is 30.3 Å². The quantitative estimate of drug-likeness (QED) is 0.182. The standard InChI is InChI=1S/C42H62N4O4/c1-25(2)31-15-11-16-32(26(3)4)39(31)43-41(47)37-23-29-13-9-19-35(29)45(37,49)21-22-46(50)36-20-10-14-30(36)24-38(46)42(48)44-40-33(27(5)6)17-12-18-34(40)28(7)8/h11-12,15-18,25-30,35-38H,9-10,13-14,19-24H2,1-8H3,(H,43,47)(H,44,48)/t29-,30-,35-,36-,37-,38-,45-,46+/m0/s1. The van der Waals surface area contributed by atoms with Gasteiger partial charge in [-0.3, -0.25) is 9.59 Å². The molecule has 8 nitrogen and oxygen atoms in total. The van der Waals surface area contributed by atoms with Gasteiger partial charge in [-0.2, -0.15) is 0 Å². The fraction of sp³-hybridized carbons (Fsp3) is 0.667. The number of rotatable bonds is 11. The third-order valence-corrected chi connectivity index (χ3v) is 13.1. The molecule has 274 valence electrons. The number of likely N-dealkylation sites (tertiary alicyclic amines) is 2. The summed E-state index contributed by atoms with van der Waals surface area (Å²) >= 11 is 0. The maximum absolute atomic E-state index is 15.3. The largest absolute Gasteiger partial charge is 0.632 e. The summed E-state index contributed by atoms with van der Waals surface area (Å²) in [7, 11) is 0. The Morgan fingerprint density at radius 1 is 0.600 bits per heavy atom. The number of hydrogen-bond donors (Lipinski definition) is 2. The Kier molecular flexibility index (Phi) is 10.6. The number of fused-ring (bicyclic) bond motifs is 2. The van der Waals surface area contributed by atoms with E-state index in [4.69, 9.17) is 0 Å². The van der Waals surface area contributed by atoms with Crippen LogP contribution in [0.4, 0.5) is 11.4 Å². The van der Waals surface area contributed by atoms with Crippen LogP contribution in [0.3, 0.4) is 0 Å². The van der Waals surface area contributed by atoms with Crippen molar-refractivity contribution >= 4 is 23.2 Å². The van der Waals surface area contributed by atoms with E-state index in [-0.39, 0.29) is 72.5 Å². The maximum Gasteiger partial charge on any atom is 0.283 e. The van der Waals surface area contributed by atoms with Crippen LogP contribution in [0.1, 0.15) is 153 Å². The van der Waals surface area contributed by atoms with Crippen molar-refractivity contribution in [1.29, 1.82) is 0 Å². The number of nitrogens with one attached hydrogen (secondary N) is 2. The van der Waals surface area contributed by atoms with Gasteiger partial charge in [0.2, 0.25) is 0 Å². The number of anilines is 2. The predicted octanol–water partition coefficient (Wildman–Crippen LogP) is 9.27. The highest BCUT2D eigenvalue weighted by molar-refractivity contribution is 5.97. The summed E-state index contributed by atoms with van der Waals surface area (Å²) < 4.78 is -1.28. The smallest absolute Gasteiger partial charge is 0.283 e. The van der Waals surface area contributed by atoms with E-state index in [0.717, 1.165) is 72.2 Å². The molecule has 2 saturated carbocycles. The van der Waals surface area contributed by atoms with E-state index < -0.39 is 21.4 Å². The molecule has 2 aliphatic heterocycles. The normalized spacial score (nSPS) is 32.0. The first kappa shape index (κ1) is 37.0. The van der Waals surface area contributed by atoms with Crippen LogP contribution in [0.2, 0.25) is 0 Å². The Hall–Kier alpha value is -2.78. The number of carbonyl (C=O) groups is 2. The molecule has 4 aliphatic rings. The van der Waals surface area contributed by atoms with Crippen LogP contribution in [0.15, 0.2) is 36.4 Å². The number of para-hydroxylation sites is 2. The number of amides is 2. The first-order valence-corrected chi connectivity index (χ1v) is 19.7. The van der Waals surface area contributed by atoms with Gasteiger partial charge in [0.1, 0.15) is 13.1 Å². The van der Waals surface area contributed by atoms with Crippen molar-refractivity contribution in [2.24, 2.45) is 11.8 Å². The molecule has 2 aliphatic carbocycles. The topological polar surface area (TPSA) is 104 Å². The molecule has 2 heterocycles. The van der Waals surface area contributed by atoms with Gasteiger partial charge in [0.25, 0.3) is 11.8 Å². The lowest BCUT2D eigenvalue weighted by Gasteiger charge is -2.53. The molecule has 8 heteroatoms. The van der Waals surface area contributed by atoms with E-state index in [1.807, 2.05) is 0 Å². The fourth-order valence-electron chi connectivity index (χ4n) is 10.5. The minimum Gasteiger partial charge on any atom is -0.632 e. The van der Waals surface area contributed by atoms with Crippen molar-refractivity contribution in [1.82, 2.24) is 0 Å². The zero-order chi connectivity index (χ0) is 36.1. The molecule has 0 unspecified atom stereocenters. The summed E-state index contributed by atoms with van der Waals surface area (Å²) in [6.07, 6.45) is 6.57. The van der Waals surface area contributed by atoms with Gasteiger partial charge in [-0.05, 0) is 71.6 Å². The Morgan fingerprint density at radius 3 is 1.22 bits per heavy atom. The van der Waals surface area contributed by atoms with Crippen LogP contribution >= 0.6 is 0 Å². The van der Waals surface area contributed by atoms with E-state index >= 15 is 10.4 Å². The fourth-order valence-corrected chi connectivity index (χ4v) is 10.5. The van der Waals surface area contributed by atoms with E-state index in [1.54, 1.807) is 0 Å². The van der Waals surface area contributed by atoms with Crippen molar-refractivity contribution in [2.75, 3.05) is 23.7 Å². The molecule has 2 amide bonds. The summed E-state index contributed by atoms with van der Waals surface area (Å²) in [6.45, 7) is 17.2. The first-order chi connectivity index (χ1) is 23.7. The van der Waals surface area contributed by atoms with Gasteiger partial charge in [-0.1, -0.05) is 91.8 Å². The van der Waals surface area contributed by atoms with Crippen molar-refractivity contribution in [3.05, 3.63) is 69.1 Å². The van der Waals surface area contributed by atoms with Crippen molar-refractivity contribution < 1.29 is 18.9 Å². The second kappa shape index (κ2) is 14.3. The van der Waals surface area contributed by atoms with Crippen molar-refractivity contribution in [3.8, 4) is 0 Å². The second-order valence-electron chi connectivity index (χ2n) is 17.4. The van der Waals surface area contributed by atoms with Crippen molar-refractivity contribution in [2.45, 2.75) is 155 Å². The molecule has 2 aromatic rings. The Morgan fingerprint density at radius 2 is 0.920 bits per heavy atom. The van der Waals surface area contributed by atoms with Crippen LogP contribution in [-0.2, 0) is 9.59 Å². The zero-order valence-corrected chi connectivity index (χ0v) is 31.8. The molecule has 2 aromatic carbocycles. The molecular formula is C42H62N4O4. The summed E-state index contributed by atoms with van der Waals surface area (Å²) in [5.41, 5.74) is 5.99. The molecule has 2 N–H and O–H groups in total. The summed E-state index contributed by atoms with van der Waals surface area (Å²) in [5.74, 6) is 0.787. The average Bonchev–Trinajstić information content (AvgIpc) is 3.84. The zero-order valence-electron chi connectivity index (χ0n) is 31.8. The number of carbonyl (C=O) groups excluding carboxylic acids is 2. The number of quaternary nitrogens is 2. The Labute approximate surface area is 300 Å². The first-order valence-electron chi connectivity index (χ1n) is 19.7. The molecule has 0 radical (unpaired) electrons. The van der Waals surface area contributed by atoms with Gasteiger partial charge in [0.05, 0.1) is 12.1 Å². The molecule has 0 aromatic heterocycles. The van der Waals surface area contributed by atoms with E-state index in [9.17, 15) is 9.59 Å². The van der Waals surface area contributed by atoms with Gasteiger partial charge >= 0.3 is 0 Å². The summed E-state index contributed by atoms with van der Waals surface area (Å²) in [4.78, 5) is 28.7. The molecule has 8 atom stereocenters. The highest BCUT2D eigenvalue weighted by Crippen LogP contribution is 2.50. The number of benzene rings is 2. The minimum absolute atomic E-state index is 0.0679. The molecule has 0 bridgehead atoms. The lowest BCUT2D eigenvalue weighted by Crippen LogP contribution is -2.64. The van der Waals surface area contributed by atoms with Gasteiger partial charge in [-0.15, -0.1) is 0 Å². The highest BCUT2D eigenvalue weighted by Gasteiger charge is 2.58. The summed E-state index contributed by atoms with van der Waals surface area (Å²) in [5, 5.41) is 37.2. The SMILES string of the molecule is CC(C)c1cccc(C(C)C)c1NC(=O)[C@@H]1C[C@@H]2CCC[C@@H]2[N@@+]1([O-])CC[N@+]1([O-])[C@H](C(=O)Nc2c(C(C)C)cccc2C(C)C)C[C@@H]2CCC[C@@H]21. The molecule has 6 rings (SSSR count). The van der Waals surface area contributed by atoms with Crippen LogP contribution in [0.25, 0.3) is 0 Å². The lowest BCUT2D eigenvalue weighted by atomic mass is 9.92. The Balaban J connectivity index is 1.29. The van der Waals surface area contributed by atoms with E-state index in [2.05, 4.69) is 102 Å². The van der Waals surface area contributed by atoms with Gasteiger partial charge in [0.15, 0.2) is 12.1 Å². The van der Waals surface area contributed by atoms with Crippen LogP contribution < -0.4 is 10.6 Å². The monoisotopic (exact) mass is 686 g/mol. The maximum atomic E-state index is 15.3. The molecule has 4 fully saturated rings. The Bertz CT molecular complexity index is 1400. The molecule has 0 spiro atoms. The van der Waals surface area contributed by atoms with Crippen molar-refractivity contribution in [3.63, 3.8) is 0 Å². The summed E-state index contributed by atoms with van der Waals surface area (Å²) in [6, 6.07) is 10.5. The second-order valence-corrected chi connectivity index (χ2v) is 17.4. The van der Waals surface area contributed by atoms with Gasteiger partial charge in [0, 0.05) is 48.9 Å². The third kappa shape index (κ3) is 6.55. The lowest BCUT2D eigenvalue weighted by molar-refractivity contribution is -0.961. The molecular weight excluding hydrogens is 624 g/mol. The molecule has 50 heavy (non-hydrogen) atoms. The van der Waals surface area contributed by atoms with E-state index in [1.165, 1.54) is 0 Å². The number of hydroxylamine groups is 6. The highest BCUT2D eigenvalue weighted by atomic mass is 16.6. The third-order valence-electron chi connectivity index (χ3n) is 13.1. The van der Waals surface area contributed by atoms with Gasteiger partial charge in [-0.25, -0.2) is 0 Å². The number of nitrogens with zero attached hydrogens (tertiary/aromatic N) is 2. The van der Waals surface area contributed by atoms with Crippen LogP contribution in [0, 0.1) is 22.3 Å². The molecule has 2 saturated heterocycles. The average molecular weight is 687 g/mol. The number of hydrogen-bond acceptors (Lipinski definition) is 4. The van der Waals surface area contributed by atoms with Crippen LogP contribution in [0.5, 0.6) is 0 Å². The van der Waals surface area contributed by atoms with Crippen LogP contribution in [-0.4, -0.2) is 58.4 Å². The predicted molar refractivity (Wildman–Crippen MR) is 203 cm³/mol.